The first kappa shape index (κ1) is 21.6. The number of aliphatic hydroxyl groups excluding tert-OH is 1. The molecule has 2 N–H and O–H groups in total. The smallest absolute Gasteiger partial charge is 0.265 e. The predicted molar refractivity (Wildman–Crippen MR) is 123 cm³/mol. The van der Waals surface area contributed by atoms with Gasteiger partial charge in [-0.2, -0.15) is 0 Å². The van der Waals surface area contributed by atoms with Gasteiger partial charge in [0, 0.05) is 28.9 Å². The van der Waals surface area contributed by atoms with Crippen molar-refractivity contribution in [1.29, 1.82) is 0 Å². The second-order valence-corrected chi connectivity index (χ2v) is 10.5. The molecule has 33 heavy (non-hydrogen) atoms. The van der Waals surface area contributed by atoms with Gasteiger partial charge in [-0.15, -0.1) is 0 Å². The highest BCUT2D eigenvalue weighted by Crippen LogP contribution is 2.39. The number of ether oxygens (including phenoxy) is 1. The lowest BCUT2D eigenvalue weighted by atomic mass is 9.88. The fourth-order valence-electron chi connectivity index (χ4n) is 4.15. The fourth-order valence-corrected chi connectivity index (χ4v) is 5.44. The first-order valence-electron chi connectivity index (χ1n) is 10.9. The molecule has 8 heteroatoms. The summed E-state index contributed by atoms with van der Waals surface area (Å²) in [4.78, 5) is 17.1. The second-order valence-electron chi connectivity index (χ2n) is 8.51. The number of sulfonamides is 1. The zero-order valence-electron chi connectivity index (χ0n) is 17.8. The molecular weight excluding hydrogens is 440 g/mol. The van der Waals surface area contributed by atoms with E-state index in [2.05, 4.69) is 9.71 Å². The van der Waals surface area contributed by atoms with Crippen LogP contribution >= 0.6 is 0 Å². The first-order chi connectivity index (χ1) is 15.9. The van der Waals surface area contributed by atoms with Crippen molar-refractivity contribution in [3.8, 4) is 16.9 Å². The minimum Gasteiger partial charge on any atom is -0.493 e. The molecule has 1 amide bonds. The van der Waals surface area contributed by atoms with Gasteiger partial charge in [-0.05, 0) is 54.7 Å². The summed E-state index contributed by atoms with van der Waals surface area (Å²) in [6.07, 6.45) is 2.79. The molecule has 5 rings (SSSR count). The van der Waals surface area contributed by atoms with Crippen LogP contribution in [0, 0.1) is 5.92 Å². The molecule has 0 radical (unpaired) electrons. The van der Waals surface area contributed by atoms with E-state index in [1.807, 2.05) is 24.3 Å². The molecule has 1 aliphatic carbocycles. The molecule has 2 atom stereocenters. The Hall–Kier alpha value is -3.23. The number of nitrogens with zero attached hydrogens (tertiary/aromatic N) is 1. The van der Waals surface area contributed by atoms with Gasteiger partial charge in [0.05, 0.1) is 18.0 Å². The Balaban J connectivity index is 1.40. The van der Waals surface area contributed by atoms with E-state index in [9.17, 15) is 18.3 Å². The molecule has 170 valence electrons. The van der Waals surface area contributed by atoms with Crippen LogP contribution in [0.3, 0.4) is 0 Å². The van der Waals surface area contributed by atoms with Crippen LogP contribution in [0.4, 0.5) is 0 Å². The van der Waals surface area contributed by atoms with Gasteiger partial charge >= 0.3 is 0 Å². The van der Waals surface area contributed by atoms with Crippen LogP contribution < -0.4 is 9.46 Å². The summed E-state index contributed by atoms with van der Waals surface area (Å²) in [6.45, 7) is 0.343. The monoisotopic (exact) mass is 464 g/mol. The van der Waals surface area contributed by atoms with Crippen LogP contribution in [-0.4, -0.2) is 36.3 Å². The van der Waals surface area contributed by atoms with Crippen LogP contribution in [0.1, 0.15) is 40.6 Å². The van der Waals surface area contributed by atoms with Gasteiger partial charge in [0.1, 0.15) is 5.75 Å². The number of fused-ring (bicyclic) bond motifs is 1. The lowest BCUT2D eigenvalue weighted by Gasteiger charge is -2.30. The molecule has 0 unspecified atom stereocenters. The number of aliphatic hydroxyl groups is 1. The minimum atomic E-state index is -3.65. The molecule has 3 aromatic rings. The maximum absolute atomic E-state index is 12.8. The number of nitrogens with one attached hydrogen (secondary N) is 1. The number of carbonyl (C=O) groups is 1. The van der Waals surface area contributed by atoms with Crippen molar-refractivity contribution in [2.24, 2.45) is 5.92 Å². The molecule has 7 nitrogen and oxygen atoms in total. The van der Waals surface area contributed by atoms with Crippen molar-refractivity contribution in [2.45, 2.75) is 30.6 Å². The van der Waals surface area contributed by atoms with E-state index in [0.717, 1.165) is 5.69 Å². The topological polar surface area (TPSA) is 106 Å². The van der Waals surface area contributed by atoms with E-state index in [0.29, 0.717) is 48.3 Å². The third-order valence-electron chi connectivity index (χ3n) is 6.11. The molecule has 2 aliphatic rings. The quantitative estimate of drug-likeness (QED) is 0.580. The lowest BCUT2D eigenvalue weighted by molar-refractivity contribution is 0.0503. The van der Waals surface area contributed by atoms with Crippen molar-refractivity contribution in [3.63, 3.8) is 0 Å². The highest BCUT2D eigenvalue weighted by atomic mass is 32.2. The number of rotatable bonds is 6. The normalized spacial score (nSPS) is 19.9. The van der Waals surface area contributed by atoms with E-state index in [4.69, 9.17) is 4.74 Å². The maximum atomic E-state index is 12.8. The summed E-state index contributed by atoms with van der Waals surface area (Å²) < 4.78 is 32.6. The van der Waals surface area contributed by atoms with Crippen molar-refractivity contribution in [3.05, 3.63) is 83.7 Å². The summed E-state index contributed by atoms with van der Waals surface area (Å²) in [6, 6.07) is 18.0. The van der Waals surface area contributed by atoms with Crippen molar-refractivity contribution >= 4 is 15.9 Å². The fraction of sp³-hybridized carbons (Fsp3) is 0.280. The third-order valence-corrected chi connectivity index (χ3v) is 7.93. The number of aromatic nitrogens is 1. The van der Waals surface area contributed by atoms with Crippen molar-refractivity contribution in [2.75, 3.05) is 6.61 Å². The molecule has 0 bridgehead atoms. The third kappa shape index (κ3) is 4.49. The number of hydrogen-bond acceptors (Lipinski definition) is 6. The summed E-state index contributed by atoms with van der Waals surface area (Å²) in [5.41, 5.74) is 3.15. The molecule has 0 saturated heterocycles. The molecule has 2 aromatic carbocycles. The van der Waals surface area contributed by atoms with Gasteiger partial charge in [-0.3, -0.25) is 9.78 Å². The van der Waals surface area contributed by atoms with Gasteiger partial charge in [0.25, 0.3) is 5.91 Å². The van der Waals surface area contributed by atoms with Crippen LogP contribution in [0.5, 0.6) is 5.75 Å². The van der Waals surface area contributed by atoms with Gasteiger partial charge in [0.15, 0.2) is 0 Å². The summed E-state index contributed by atoms with van der Waals surface area (Å²) in [7, 11) is -3.65. The molecular formula is C25H24N2O5S. The minimum absolute atomic E-state index is 0.121. The molecule has 1 aliphatic heterocycles. The Bertz CT molecular complexity index is 1290. The van der Waals surface area contributed by atoms with Crippen molar-refractivity contribution in [1.82, 2.24) is 9.71 Å². The van der Waals surface area contributed by atoms with Crippen LogP contribution in [-0.2, 0) is 16.4 Å². The van der Waals surface area contributed by atoms with Gasteiger partial charge in [-0.25, -0.2) is 13.1 Å². The average Bonchev–Trinajstić information content (AvgIpc) is 3.68. The van der Waals surface area contributed by atoms with E-state index in [1.54, 1.807) is 42.6 Å². The highest BCUT2D eigenvalue weighted by Gasteiger charge is 2.37. The predicted octanol–water partition coefficient (Wildman–Crippen LogP) is 3.26. The number of carbonyl (C=O) groups excluding carboxylic acids is 1. The Kier molecular flexibility index (Phi) is 5.64. The average molecular weight is 465 g/mol. The summed E-state index contributed by atoms with van der Waals surface area (Å²) in [5, 5.41) is 10.5. The Labute approximate surface area is 192 Å². The van der Waals surface area contributed by atoms with Gasteiger partial charge in [-0.1, -0.05) is 36.4 Å². The SMILES string of the molecule is O=C(NS(=O)(=O)C1CC1)c1ccccc1-c1ccc2c(c1)OC[C@H](Cc1ccccn1)[C@H]2O. The van der Waals surface area contributed by atoms with E-state index in [1.165, 1.54) is 0 Å². The Morgan fingerprint density at radius 2 is 1.88 bits per heavy atom. The van der Waals surface area contributed by atoms with E-state index < -0.39 is 27.3 Å². The van der Waals surface area contributed by atoms with E-state index in [-0.39, 0.29) is 11.5 Å². The molecule has 1 fully saturated rings. The Morgan fingerprint density at radius 3 is 2.64 bits per heavy atom. The second kappa shape index (κ2) is 8.61. The molecule has 0 spiro atoms. The van der Waals surface area contributed by atoms with Crippen LogP contribution in [0.2, 0.25) is 0 Å². The standard InChI is InChI=1S/C25H24N2O5S/c28-24-17(13-18-5-3-4-12-26-18)15-32-23-14-16(8-11-22(23)24)20-6-1-2-7-21(20)25(29)27-33(30,31)19-9-10-19/h1-8,11-12,14,17,19,24,28H,9-10,13,15H2,(H,27,29)/t17-,24+/m0/s1. The highest BCUT2D eigenvalue weighted by molar-refractivity contribution is 7.91. The van der Waals surface area contributed by atoms with Gasteiger partial charge < -0.3 is 9.84 Å². The largest absolute Gasteiger partial charge is 0.493 e. The van der Waals surface area contributed by atoms with Crippen molar-refractivity contribution < 1.29 is 23.1 Å². The first-order valence-corrected chi connectivity index (χ1v) is 12.5. The number of hydrogen-bond donors (Lipinski definition) is 2. The number of pyridine rings is 1. The molecule has 2 heterocycles. The lowest BCUT2D eigenvalue weighted by Crippen LogP contribution is -2.33. The Morgan fingerprint density at radius 1 is 1.09 bits per heavy atom. The number of benzene rings is 2. The number of amides is 1. The summed E-state index contributed by atoms with van der Waals surface area (Å²) in [5.74, 6) is -0.214. The summed E-state index contributed by atoms with van der Waals surface area (Å²) >= 11 is 0. The van der Waals surface area contributed by atoms with Gasteiger partial charge in [0.2, 0.25) is 10.0 Å². The molecule has 1 saturated carbocycles. The maximum Gasteiger partial charge on any atom is 0.265 e. The van der Waals surface area contributed by atoms with Crippen LogP contribution in [0.15, 0.2) is 66.9 Å². The van der Waals surface area contributed by atoms with E-state index >= 15 is 0 Å². The zero-order chi connectivity index (χ0) is 23.0. The van der Waals surface area contributed by atoms with Crippen LogP contribution in [0.25, 0.3) is 11.1 Å². The molecule has 1 aromatic heterocycles. The zero-order valence-corrected chi connectivity index (χ0v) is 18.7.